The summed E-state index contributed by atoms with van der Waals surface area (Å²) >= 11 is 1.40. The number of hydrogen-bond donors (Lipinski definition) is 2. The molecule has 2 heterocycles. The van der Waals surface area contributed by atoms with Gasteiger partial charge in [0.25, 0.3) is 5.91 Å². The molecule has 0 aliphatic carbocycles. The van der Waals surface area contributed by atoms with Gasteiger partial charge in [0.1, 0.15) is 5.82 Å². The Morgan fingerprint density at radius 2 is 2.37 bits per heavy atom. The molecule has 2 aromatic rings. The molecule has 1 atom stereocenters. The second-order valence-electron chi connectivity index (χ2n) is 4.80. The molecule has 0 saturated carbocycles. The molecule has 1 aliphatic heterocycles. The fourth-order valence-corrected chi connectivity index (χ4v) is 3.32. The van der Waals surface area contributed by atoms with E-state index in [2.05, 4.69) is 10.6 Å². The minimum absolute atomic E-state index is 0.0738. The summed E-state index contributed by atoms with van der Waals surface area (Å²) in [5.41, 5.74) is 0. The monoisotopic (exact) mass is 278 g/mol. The quantitative estimate of drug-likeness (QED) is 0.906. The molecule has 1 saturated heterocycles. The number of rotatable bonds is 3. The number of carbonyl (C=O) groups is 1. The van der Waals surface area contributed by atoms with Crippen molar-refractivity contribution in [2.24, 2.45) is 0 Å². The maximum atomic E-state index is 13.1. The lowest BCUT2D eigenvalue weighted by Crippen LogP contribution is -2.36. The van der Waals surface area contributed by atoms with Crippen molar-refractivity contribution < 1.29 is 9.18 Å². The Morgan fingerprint density at radius 1 is 1.47 bits per heavy atom. The van der Waals surface area contributed by atoms with Gasteiger partial charge in [-0.15, -0.1) is 11.3 Å². The number of halogens is 1. The molecule has 1 aromatic heterocycles. The molecule has 0 spiro atoms. The summed E-state index contributed by atoms with van der Waals surface area (Å²) in [5.74, 6) is -0.345. The van der Waals surface area contributed by atoms with Gasteiger partial charge in [-0.05, 0) is 49.0 Å². The lowest BCUT2D eigenvalue weighted by Gasteiger charge is -2.10. The Balaban J connectivity index is 1.70. The van der Waals surface area contributed by atoms with Crippen molar-refractivity contribution in [3.8, 4) is 0 Å². The first kappa shape index (κ1) is 12.6. The SMILES string of the molecule is O=C(NCC1CCCN1)c1cc2cc(F)ccc2s1. The summed E-state index contributed by atoms with van der Waals surface area (Å²) in [6.07, 6.45) is 2.28. The van der Waals surface area contributed by atoms with Crippen molar-refractivity contribution in [2.75, 3.05) is 13.1 Å². The Labute approximate surface area is 114 Å². The number of carbonyl (C=O) groups excluding carboxylic acids is 1. The Morgan fingerprint density at radius 3 is 3.16 bits per heavy atom. The third kappa shape index (κ3) is 2.77. The topological polar surface area (TPSA) is 41.1 Å². The highest BCUT2D eigenvalue weighted by atomic mass is 32.1. The fraction of sp³-hybridized carbons (Fsp3) is 0.357. The lowest BCUT2D eigenvalue weighted by atomic mass is 10.2. The van der Waals surface area contributed by atoms with Gasteiger partial charge in [0.15, 0.2) is 0 Å². The summed E-state index contributed by atoms with van der Waals surface area (Å²) < 4.78 is 14.0. The maximum Gasteiger partial charge on any atom is 0.261 e. The molecule has 1 unspecified atom stereocenters. The van der Waals surface area contributed by atoms with Crippen LogP contribution < -0.4 is 10.6 Å². The minimum Gasteiger partial charge on any atom is -0.350 e. The van der Waals surface area contributed by atoms with Crippen molar-refractivity contribution in [1.29, 1.82) is 0 Å². The van der Waals surface area contributed by atoms with Crippen LogP contribution >= 0.6 is 11.3 Å². The smallest absolute Gasteiger partial charge is 0.261 e. The number of amides is 1. The summed E-state index contributed by atoms with van der Waals surface area (Å²) in [6.45, 7) is 1.68. The molecule has 1 aliphatic rings. The van der Waals surface area contributed by atoms with Gasteiger partial charge >= 0.3 is 0 Å². The van der Waals surface area contributed by atoms with Crippen LogP contribution in [0.5, 0.6) is 0 Å². The van der Waals surface area contributed by atoms with Crippen LogP contribution in [0.4, 0.5) is 4.39 Å². The molecule has 1 amide bonds. The zero-order valence-corrected chi connectivity index (χ0v) is 11.2. The van der Waals surface area contributed by atoms with Crippen LogP contribution in [0.15, 0.2) is 24.3 Å². The first-order valence-corrected chi connectivity index (χ1v) is 7.25. The molecule has 1 fully saturated rings. The van der Waals surface area contributed by atoms with Gasteiger partial charge < -0.3 is 10.6 Å². The van der Waals surface area contributed by atoms with Crippen molar-refractivity contribution in [3.05, 3.63) is 35.0 Å². The molecule has 3 rings (SSSR count). The van der Waals surface area contributed by atoms with Gasteiger partial charge in [-0.1, -0.05) is 0 Å². The maximum absolute atomic E-state index is 13.1. The van der Waals surface area contributed by atoms with Crippen LogP contribution in [0.1, 0.15) is 22.5 Å². The second-order valence-corrected chi connectivity index (χ2v) is 5.88. The summed E-state index contributed by atoms with van der Waals surface area (Å²) in [7, 11) is 0. The summed E-state index contributed by atoms with van der Waals surface area (Å²) in [4.78, 5) is 12.7. The molecule has 0 radical (unpaired) electrons. The van der Waals surface area contributed by atoms with Gasteiger partial charge in [0.05, 0.1) is 4.88 Å². The van der Waals surface area contributed by atoms with Crippen molar-refractivity contribution in [1.82, 2.24) is 10.6 Å². The molecule has 5 heteroatoms. The molecule has 2 N–H and O–H groups in total. The second kappa shape index (κ2) is 5.27. The highest BCUT2D eigenvalue weighted by molar-refractivity contribution is 7.20. The average molecular weight is 278 g/mol. The molecule has 0 bridgehead atoms. The summed E-state index contributed by atoms with van der Waals surface area (Å²) in [5, 5.41) is 7.05. The van der Waals surface area contributed by atoms with Gasteiger partial charge in [0, 0.05) is 17.3 Å². The summed E-state index contributed by atoms with van der Waals surface area (Å²) in [6, 6.07) is 6.73. The predicted molar refractivity (Wildman–Crippen MR) is 75.1 cm³/mol. The van der Waals surface area contributed by atoms with Gasteiger partial charge in [-0.3, -0.25) is 4.79 Å². The lowest BCUT2D eigenvalue weighted by molar-refractivity contribution is 0.0954. The van der Waals surface area contributed by atoms with Crippen LogP contribution in [0, 0.1) is 5.82 Å². The number of benzene rings is 1. The number of nitrogens with one attached hydrogen (secondary N) is 2. The van der Waals surface area contributed by atoms with Crippen molar-refractivity contribution in [3.63, 3.8) is 0 Å². The van der Waals surface area contributed by atoms with Crippen LogP contribution in [-0.2, 0) is 0 Å². The minimum atomic E-state index is -0.271. The molecule has 19 heavy (non-hydrogen) atoms. The fourth-order valence-electron chi connectivity index (χ4n) is 2.36. The number of fused-ring (bicyclic) bond motifs is 1. The third-order valence-corrected chi connectivity index (χ3v) is 4.49. The highest BCUT2D eigenvalue weighted by Gasteiger charge is 2.16. The third-order valence-electron chi connectivity index (χ3n) is 3.37. The zero-order valence-electron chi connectivity index (χ0n) is 10.4. The van der Waals surface area contributed by atoms with Crippen LogP contribution in [0.25, 0.3) is 10.1 Å². The van der Waals surface area contributed by atoms with Crippen LogP contribution in [0.2, 0.25) is 0 Å². The molecular weight excluding hydrogens is 263 g/mol. The van der Waals surface area contributed by atoms with E-state index < -0.39 is 0 Å². The standard InChI is InChI=1S/C14H15FN2OS/c15-10-3-4-12-9(6-10)7-13(19-12)14(18)17-8-11-2-1-5-16-11/h3-4,6-7,11,16H,1-2,5,8H2,(H,17,18). The molecule has 3 nitrogen and oxygen atoms in total. The highest BCUT2D eigenvalue weighted by Crippen LogP contribution is 2.26. The molecule has 1 aromatic carbocycles. The van der Waals surface area contributed by atoms with E-state index in [1.165, 1.54) is 29.9 Å². The van der Waals surface area contributed by atoms with Gasteiger partial charge in [-0.25, -0.2) is 4.39 Å². The average Bonchev–Trinajstić information content (AvgIpc) is 3.04. The zero-order chi connectivity index (χ0) is 13.2. The first-order valence-electron chi connectivity index (χ1n) is 6.43. The van der Waals surface area contributed by atoms with Gasteiger partial charge in [-0.2, -0.15) is 0 Å². The van der Waals surface area contributed by atoms with Crippen molar-refractivity contribution >= 4 is 27.3 Å². The Hall–Kier alpha value is -1.46. The van der Waals surface area contributed by atoms with Crippen molar-refractivity contribution in [2.45, 2.75) is 18.9 Å². The van der Waals surface area contributed by atoms with E-state index in [1.807, 2.05) is 0 Å². The molecule has 100 valence electrons. The first-order chi connectivity index (χ1) is 9.22. The van der Waals surface area contributed by atoms with E-state index >= 15 is 0 Å². The van der Waals surface area contributed by atoms with Crippen LogP contribution in [-0.4, -0.2) is 25.0 Å². The Bertz CT molecular complexity index is 605. The van der Waals surface area contributed by atoms with E-state index in [9.17, 15) is 9.18 Å². The number of hydrogen-bond acceptors (Lipinski definition) is 3. The van der Waals surface area contributed by atoms with E-state index in [0.29, 0.717) is 17.5 Å². The van der Waals surface area contributed by atoms with E-state index in [4.69, 9.17) is 0 Å². The normalized spacial score (nSPS) is 18.9. The van der Waals surface area contributed by atoms with Crippen LogP contribution in [0.3, 0.4) is 0 Å². The van der Waals surface area contributed by atoms with E-state index in [1.54, 1.807) is 12.1 Å². The van der Waals surface area contributed by atoms with Gasteiger partial charge in [0.2, 0.25) is 0 Å². The van der Waals surface area contributed by atoms with E-state index in [-0.39, 0.29) is 11.7 Å². The van der Waals surface area contributed by atoms with E-state index in [0.717, 1.165) is 23.1 Å². The molecular formula is C14H15FN2OS. The largest absolute Gasteiger partial charge is 0.350 e. The number of thiophene rings is 1. The predicted octanol–water partition coefficient (Wildman–Crippen LogP) is 2.52. The Kier molecular flexibility index (Phi) is 3.48.